The molecular weight excluding hydrogens is 292 g/mol. The van der Waals surface area contributed by atoms with E-state index in [1.165, 1.54) is 10.5 Å². The Labute approximate surface area is 135 Å². The molecule has 2 fully saturated rings. The van der Waals surface area contributed by atoms with Gasteiger partial charge in [0.05, 0.1) is 5.41 Å². The fraction of sp³-hybridized carbons (Fsp3) is 0.500. The predicted octanol–water partition coefficient (Wildman–Crippen LogP) is 1.50. The number of hydrogen-bond acceptors (Lipinski definition) is 3. The van der Waals surface area contributed by atoms with Crippen LogP contribution in [-0.4, -0.2) is 40.6 Å². The Balaban J connectivity index is 1.45. The van der Waals surface area contributed by atoms with Crippen molar-refractivity contribution in [3.63, 3.8) is 0 Å². The number of amides is 3. The van der Waals surface area contributed by atoms with Crippen LogP contribution in [0.15, 0.2) is 24.3 Å². The molecule has 0 aromatic heterocycles. The molecular formula is C18H20N2O3. The fourth-order valence-corrected chi connectivity index (χ4v) is 3.96. The van der Waals surface area contributed by atoms with Gasteiger partial charge in [0.25, 0.3) is 0 Å². The normalized spacial score (nSPS) is 22.3. The number of imide groups is 1. The molecule has 1 aliphatic carbocycles. The highest BCUT2D eigenvalue weighted by Gasteiger charge is 2.55. The number of rotatable bonds is 2. The highest BCUT2D eigenvalue weighted by molar-refractivity contribution is 6.08. The zero-order valence-corrected chi connectivity index (χ0v) is 13.1. The van der Waals surface area contributed by atoms with Crippen molar-refractivity contribution in [2.45, 2.75) is 38.6 Å². The van der Waals surface area contributed by atoms with Crippen LogP contribution in [0.25, 0.3) is 0 Å². The molecule has 120 valence electrons. The summed E-state index contributed by atoms with van der Waals surface area (Å²) in [5, 5.41) is 0. The first-order valence-electron chi connectivity index (χ1n) is 8.28. The van der Waals surface area contributed by atoms with Crippen LogP contribution in [0.3, 0.4) is 0 Å². The Morgan fingerprint density at radius 2 is 1.87 bits per heavy atom. The lowest BCUT2D eigenvalue weighted by Crippen LogP contribution is -2.46. The lowest BCUT2D eigenvalue weighted by molar-refractivity contribution is -0.149. The van der Waals surface area contributed by atoms with Crippen LogP contribution in [0.4, 0.5) is 0 Å². The van der Waals surface area contributed by atoms with Gasteiger partial charge in [-0.25, -0.2) is 0 Å². The number of carbonyl (C=O) groups excluding carboxylic acids is 3. The first kappa shape index (κ1) is 14.4. The van der Waals surface area contributed by atoms with E-state index in [4.69, 9.17) is 0 Å². The molecule has 5 heteroatoms. The van der Waals surface area contributed by atoms with Gasteiger partial charge in [0, 0.05) is 19.5 Å². The minimum absolute atomic E-state index is 0.0957. The molecule has 0 bridgehead atoms. The van der Waals surface area contributed by atoms with Crippen molar-refractivity contribution in [2.75, 3.05) is 13.1 Å². The van der Waals surface area contributed by atoms with Crippen molar-refractivity contribution in [3.8, 4) is 0 Å². The number of benzene rings is 1. The third kappa shape index (κ3) is 2.26. The van der Waals surface area contributed by atoms with Gasteiger partial charge in [-0.2, -0.15) is 0 Å². The summed E-state index contributed by atoms with van der Waals surface area (Å²) in [4.78, 5) is 40.1. The van der Waals surface area contributed by atoms with Gasteiger partial charge in [-0.1, -0.05) is 30.7 Å². The van der Waals surface area contributed by atoms with Crippen molar-refractivity contribution < 1.29 is 14.4 Å². The minimum Gasteiger partial charge on any atom is -0.336 e. The molecule has 1 spiro atoms. The molecule has 23 heavy (non-hydrogen) atoms. The maximum atomic E-state index is 12.6. The zero-order valence-electron chi connectivity index (χ0n) is 13.1. The number of likely N-dealkylation sites (tertiary alicyclic amines) is 1. The maximum absolute atomic E-state index is 12.6. The molecule has 5 nitrogen and oxygen atoms in total. The van der Waals surface area contributed by atoms with E-state index in [0.29, 0.717) is 19.5 Å². The molecule has 3 amide bonds. The molecule has 0 N–H and O–H groups in total. The van der Waals surface area contributed by atoms with Crippen LogP contribution in [0.5, 0.6) is 0 Å². The second-order valence-electron chi connectivity index (χ2n) is 6.93. The van der Waals surface area contributed by atoms with Crippen molar-refractivity contribution in [1.29, 1.82) is 0 Å². The second-order valence-corrected chi connectivity index (χ2v) is 6.93. The van der Waals surface area contributed by atoms with Gasteiger partial charge < -0.3 is 4.90 Å². The van der Waals surface area contributed by atoms with Crippen LogP contribution in [0.2, 0.25) is 0 Å². The van der Waals surface area contributed by atoms with Gasteiger partial charge in [-0.3, -0.25) is 19.3 Å². The zero-order chi connectivity index (χ0) is 16.0. The Kier molecular flexibility index (Phi) is 3.25. The quantitative estimate of drug-likeness (QED) is 0.778. The molecule has 1 aromatic rings. The third-order valence-electron chi connectivity index (χ3n) is 5.58. The summed E-state index contributed by atoms with van der Waals surface area (Å²) in [6, 6.07) is 8.10. The first-order valence-corrected chi connectivity index (χ1v) is 8.28. The minimum atomic E-state index is -0.466. The number of hydrogen-bond donors (Lipinski definition) is 0. The second kappa shape index (κ2) is 5.18. The predicted molar refractivity (Wildman–Crippen MR) is 83.2 cm³/mol. The first-order chi connectivity index (χ1) is 11.1. The van der Waals surface area contributed by atoms with E-state index in [9.17, 15) is 14.4 Å². The van der Waals surface area contributed by atoms with E-state index >= 15 is 0 Å². The maximum Gasteiger partial charge on any atom is 0.243 e. The van der Waals surface area contributed by atoms with Crippen molar-refractivity contribution in [1.82, 2.24) is 9.80 Å². The summed E-state index contributed by atoms with van der Waals surface area (Å²) in [6.45, 7) is 1.12. The molecule has 2 aliphatic heterocycles. The van der Waals surface area contributed by atoms with Crippen molar-refractivity contribution >= 4 is 17.7 Å². The van der Waals surface area contributed by atoms with Gasteiger partial charge >= 0.3 is 0 Å². The molecule has 1 aromatic carbocycles. The van der Waals surface area contributed by atoms with E-state index in [2.05, 4.69) is 6.07 Å². The summed E-state index contributed by atoms with van der Waals surface area (Å²) in [5.74, 6) is -0.433. The Morgan fingerprint density at radius 1 is 1.13 bits per heavy atom. The SMILES string of the molecule is O=C(CN1C(=O)CC2(CCC2)C1=O)N1CCc2ccccc2C1. The van der Waals surface area contributed by atoms with Crippen molar-refractivity contribution in [3.05, 3.63) is 35.4 Å². The molecule has 1 saturated carbocycles. The summed E-state index contributed by atoms with van der Waals surface area (Å²) < 4.78 is 0. The van der Waals surface area contributed by atoms with E-state index in [0.717, 1.165) is 31.2 Å². The summed E-state index contributed by atoms with van der Waals surface area (Å²) in [5.41, 5.74) is 1.96. The summed E-state index contributed by atoms with van der Waals surface area (Å²) >= 11 is 0. The van der Waals surface area contributed by atoms with Gasteiger partial charge in [0.1, 0.15) is 6.54 Å². The standard InChI is InChI=1S/C18H20N2O3/c21-15-10-18(7-3-8-18)17(23)20(15)12-16(22)19-9-6-13-4-1-2-5-14(13)11-19/h1-2,4-5H,3,6-12H2. The van der Waals surface area contributed by atoms with E-state index in [-0.39, 0.29) is 24.3 Å². The van der Waals surface area contributed by atoms with Crippen LogP contribution < -0.4 is 0 Å². The third-order valence-corrected chi connectivity index (χ3v) is 5.58. The smallest absolute Gasteiger partial charge is 0.243 e. The lowest BCUT2D eigenvalue weighted by atomic mass is 9.68. The average molecular weight is 312 g/mol. The van der Waals surface area contributed by atoms with E-state index in [1.54, 1.807) is 4.90 Å². The molecule has 1 saturated heterocycles. The van der Waals surface area contributed by atoms with Crippen LogP contribution in [0, 0.1) is 5.41 Å². The average Bonchev–Trinajstić information content (AvgIpc) is 2.79. The monoisotopic (exact) mass is 312 g/mol. The molecule has 0 atom stereocenters. The lowest BCUT2D eigenvalue weighted by Gasteiger charge is -2.35. The number of carbonyl (C=O) groups is 3. The summed E-state index contributed by atoms with van der Waals surface area (Å²) in [6.07, 6.45) is 3.71. The molecule has 2 heterocycles. The number of nitrogens with zero attached hydrogens (tertiary/aromatic N) is 2. The summed E-state index contributed by atoms with van der Waals surface area (Å²) in [7, 11) is 0. The molecule has 4 rings (SSSR count). The van der Waals surface area contributed by atoms with Gasteiger partial charge in [0.2, 0.25) is 17.7 Å². The van der Waals surface area contributed by atoms with Crippen molar-refractivity contribution in [2.24, 2.45) is 5.41 Å². The van der Waals surface area contributed by atoms with Gasteiger partial charge in [-0.15, -0.1) is 0 Å². The highest BCUT2D eigenvalue weighted by Crippen LogP contribution is 2.49. The fourth-order valence-electron chi connectivity index (χ4n) is 3.96. The van der Waals surface area contributed by atoms with E-state index in [1.807, 2.05) is 18.2 Å². The molecule has 0 unspecified atom stereocenters. The van der Waals surface area contributed by atoms with Crippen LogP contribution in [-0.2, 0) is 27.3 Å². The Bertz CT molecular complexity index is 693. The number of fused-ring (bicyclic) bond motifs is 1. The van der Waals surface area contributed by atoms with E-state index < -0.39 is 5.41 Å². The van der Waals surface area contributed by atoms with Gasteiger partial charge in [0.15, 0.2) is 0 Å². The Hall–Kier alpha value is -2.17. The van der Waals surface area contributed by atoms with Gasteiger partial charge in [-0.05, 0) is 30.4 Å². The molecule has 0 radical (unpaired) electrons. The Morgan fingerprint density at radius 3 is 2.52 bits per heavy atom. The van der Waals surface area contributed by atoms with Crippen LogP contribution >= 0.6 is 0 Å². The highest BCUT2D eigenvalue weighted by atomic mass is 16.2. The largest absolute Gasteiger partial charge is 0.336 e. The van der Waals surface area contributed by atoms with Crippen LogP contribution in [0.1, 0.15) is 36.8 Å². The topological polar surface area (TPSA) is 57.7 Å². The molecule has 3 aliphatic rings.